The molecule has 2 aliphatic rings. The van der Waals surface area contributed by atoms with Crippen LogP contribution in [-0.2, 0) is 39.0 Å². The van der Waals surface area contributed by atoms with Gasteiger partial charge in [0.1, 0.15) is 33.9 Å². The number of allylic oxidation sites excluding steroid dienone is 1. The van der Waals surface area contributed by atoms with Gasteiger partial charge in [-0.1, -0.05) is 169 Å². The first-order valence-corrected chi connectivity index (χ1v) is 26.6. The van der Waals surface area contributed by atoms with Crippen LogP contribution in [-0.4, -0.2) is 72.6 Å². The number of carbonyl (C=O) groups is 4. The Kier molecular flexibility index (Phi) is 15.6. The molecule has 7 aromatic rings. The molecule has 17 heteroatoms. The highest BCUT2D eigenvalue weighted by Crippen LogP contribution is 2.43. The van der Waals surface area contributed by atoms with E-state index in [2.05, 4.69) is 15.8 Å². The Hall–Kier alpha value is -8.67. The largest absolute Gasteiger partial charge is 0.457 e. The lowest BCUT2D eigenvalue weighted by Gasteiger charge is -2.49. The fourth-order valence-corrected chi connectivity index (χ4v) is 10.9. The number of nitrogens with one attached hydrogen (secondary N) is 2. The first kappa shape index (κ1) is 53.2. The fraction of sp³-hybridized carbons (Fsp3) is 0.200. The van der Waals surface area contributed by atoms with E-state index in [1.807, 2.05) is 152 Å². The number of thiazole rings is 1. The van der Waals surface area contributed by atoms with E-state index in [-0.39, 0.29) is 28.5 Å². The number of β-lactam (4-membered cyclic amide) rings is 1. The molecule has 2 amide bonds. The molecule has 9 rings (SSSR count). The van der Waals surface area contributed by atoms with Crippen LogP contribution in [0.5, 0.6) is 0 Å². The number of ether oxygens (including phenoxy) is 2. The second-order valence-electron chi connectivity index (χ2n) is 19.6. The van der Waals surface area contributed by atoms with Gasteiger partial charge < -0.3 is 24.9 Å². The van der Waals surface area contributed by atoms with Gasteiger partial charge in [0, 0.05) is 23.3 Å². The van der Waals surface area contributed by atoms with Crippen molar-refractivity contribution < 1.29 is 38.4 Å². The third-order valence-corrected chi connectivity index (χ3v) is 14.7. The highest BCUT2D eigenvalue weighted by molar-refractivity contribution is 8.00. The average Bonchev–Trinajstić information content (AvgIpc) is 3.97. The average molecular weight is 1070 g/mol. The molecule has 2 aliphatic heterocycles. The van der Waals surface area contributed by atoms with Crippen molar-refractivity contribution in [2.24, 2.45) is 5.16 Å². The van der Waals surface area contributed by atoms with Crippen molar-refractivity contribution >= 4 is 69.5 Å². The maximum Gasteiger partial charge on any atom is 0.356 e. The monoisotopic (exact) mass is 1070 g/mol. The highest BCUT2D eigenvalue weighted by atomic mass is 32.2. The van der Waals surface area contributed by atoms with Gasteiger partial charge in [0.05, 0.1) is 4.92 Å². The topological polar surface area (TPSA) is 192 Å². The third-order valence-electron chi connectivity index (χ3n) is 12.6. The number of non-ortho nitro benzene ring substituents is 1. The Labute approximate surface area is 453 Å². The SMILES string of the molecule is CC(C)(C)OC(=O)C(C)(C)ON=C(C(=O)NC1C(=O)N2C(C(=O)OC(c3ccccc3)c3ccccc3)=C(C=Cc3ccc([N+](=O)[O-])cc3)CS[C@H]12)c1csc(NC(c2ccccc2)(c2ccccc2)c2ccccc2)n1. The van der Waals surface area contributed by atoms with E-state index in [0.29, 0.717) is 27.4 Å². The van der Waals surface area contributed by atoms with Gasteiger partial charge in [-0.15, -0.1) is 23.1 Å². The quantitative estimate of drug-likeness (QED) is 0.0207. The summed E-state index contributed by atoms with van der Waals surface area (Å²) in [5.74, 6) is -2.76. The maximum absolute atomic E-state index is 14.9. The predicted octanol–water partition coefficient (Wildman–Crippen LogP) is 11.0. The van der Waals surface area contributed by atoms with Gasteiger partial charge in [-0.25, -0.2) is 14.6 Å². The number of esters is 2. The molecule has 1 fully saturated rings. The summed E-state index contributed by atoms with van der Waals surface area (Å²) in [5, 5.41) is 23.5. The van der Waals surface area contributed by atoms with Crippen LogP contribution < -0.4 is 10.6 Å². The van der Waals surface area contributed by atoms with Gasteiger partial charge in [-0.2, -0.15) is 0 Å². The van der Waals surface area contributed by atoms with E-state index in [4.69, 9.17) is 19.3 Å². The van der Waals surface area contributed by atoms with Crippen molar-refractivity contribution in [3.05, 3.63) is 248 Å². The van der Waals surface area contributed by atoms with Gasteiger partial charge in [0.15, 0.2) is 16.9 Å². The molecule has 15 nitrogen and oxygen atoms in total. The molecular formula is C60H54N6O9S2. The van der Waals surface area contributed by atoms with Crippen LogP contribution in [0.15, 0.2) is 204 Å². The molecule has 0 radical (unpaired) electrons. The molecule has 2 N–H and O–H groups in total. The summed E-state index contributed by atoms with van der Waals surface area (Å²) in [6.07, 6.45) is 2.53. The number of nitrogens with zero attached hydrogens (tertiary/aromatic N) is 4. The number of rotatable bonds is 18. The summed E-state index contributed by atoms with van der Waals surface area (Å²) < 4.78 is 12.0. The lowest BCUT2D eigenvalue weighted by molar-refractivity contribution is -0.384. The molecule has 0 spiro atoms. The molecule has 77 heavy (non-hydrogen) atoms. The zero-order chi connectivity index (χ0) is 54.3. The number of aromatic nitrogens is 1. The Morgan fingerprint density at radius 2 is 1.27 bits per heavy atom. The smallest absolute Gasteiger partial charge is 0.356 e. The molecule has 390 valence electrons. The van der Waals surface area contributed by atoms with Crippen LogP contribution in [0.4, 0.5) is 10.8 Å². The van der Waals surface area contributed by atoms with Gasteiger partial charge >= 0.3 is 11.9 Å². The summed E-state index contributed by atoms with van der Waals surface area (Å²) in [5.41, 5.74) is 1.34. The van der Waals surface area contributed by atoms with Crippen molar-refractivity contribution in [1.29, 1.82) is 0 Å². The van der Waals surface area contributed by atoms with Crippen LogP contribution in [0.2, 0.25) is 0 Å². The number of nitro groups is 1. The number of carbonyl (C=O) groups excluding carboxylic acids is 4. The predicted molar refractivity (Wildman–Crippen MR) is 297 cm³/mol. The van der Waals surface area contributed by atoms with Crippen LogP contribution in [0, 0.1) is 10.1 Å². The van der Waals surface area contributed by atoms with Gasteiger partial charge in [0.25, 0.3) is 17.5 Å². The molecule has 0 bridgehead atoms. The Morgan fingerprint density at radius 3 is 1.78 bits per heavy atom. The zero-order valence-electron chi connectivity index (χ0n) is 42.7. The molecular weight excluding hydrogens is 1010 g/mol. The molecule has 2 atom stereocenters. The van der Waals surface area contributed by atoms with Crippen molar-refractivity contribution in [3.8, 4) is 0 Å². The third kappa shape index (κ3) is 11.8. The van der Waals surface area contributed by atoms with Crippen molar-refractivity contribution in [2.75, 3.05) is 11.1 Å². The van der Waals surface area contributed by atoms with Gasteiger partial charge in [-0.3, -0.25) is 24.6 Å². The van der Waals surface area contributed by atoms with Crippen molar-refractivity contribution in [1.82, 2.24) is 15.2 Å². The minimum absolute atomic E-state index is 0.0236. The van der Waals surface area contributed by atoms with E-state index in [0.717, 1.165) is 16.7 Å². The maximum atomic E-state index is 14.9. The standard InChI is InChI=1S/C60H54N6O9S2/c1-58(2,3)74-56(70)59(4,5)75-64-48(47-38-77-57(61-47)63-60(43-25-15-8-16-26-43,44-27-17-9-18-28-44)45-29-19-10-20-30-45)52(67)62-49-53(68)65-50(42(37-76-54(49)65)34-31-39-32-35-46(36-33-39)66(71)72)55(69)73-51(40-21-11-6-12-22-40)41-23-13-7-14-24-41/h6-36,38,49,51,54H,37H2,1-5H3,(H,61,63)(H,62,67)/t49?,54-/m1/s1. The highest BCUT2D eigenvalue weighted by Gasteiger charge is 2.55. The Balaban J connectivity index is 1.06. The van der Waals surface area contributed by atoms with E-state index < -0.39 is 62.9 Å². The van der Waals surface area contributed by atoms with Crippen LogP contribution in [0.1, 0.15) is 79.8 Å². The molecule has 6 aromatic carbocycles. The number of hydrogen-bond donors (Lipinski definition) is 2. The second-order valence-corrected chi connectivity index (χ2v) is 21.5. The van der Waals surface area contributed by atoms with E-state index in [9.17, 15) is 29.3 Å². The summed E-state index contributed by atoms with van der Waals surface area (Å²) in [4.78, 5) is 80.8. The number of anilines is 1. The number of hydrogen-bond acceptors (Lipinski definition) is 14. The fourth-order valence-electron chi connectivity index (χ4n) is 8.80. The minimum atomic E-state index is -1.68. The Morgan fingerprint density at radius 1 is 0.753 bits per heavy atom. The first-order valence-electron chi connectivity index (χ1n) is 24.6. The molecule has 1 aromatic heterocycles. The number of thioether (sulfide) groups is 1. The molecule has 1 unspecified atom stereocenters. The van der Waals surface area contributed by atoms with Crippen LogP contribution >= 0.6 is 23.1 Å². The van der Waals surface area contributed by atoms with Crippen molar-refractivity contribution in [2.45, 2.75) is 68.9 Å². The van der Waals surface area contributed by atoms with E-state index in [1.54, 1.807) is 50.4 Å². The second kappa shape index (κ2) is 22.7. The number of amides is 2. The molecule has 0 saturated carbocycles. The first-order chi connectivity index (χ1) is 37.0. The Bertz CT molecular complexity index is 3230. The normalized spacial score (nSPS) is 15.8. The van der Waals surface area contributed by atoms with Gasteiger partial charge in [-0.05, 0) is 85.7 Å². The number of fused-ring (bicyclic) bond motifs is 1. The molecule has 1 saturated heterocycles. The number of oxime groups is 1. The van der Waals surface area contributed by atoms with E-state index >= 15 is 0 Å². The summed E-state index contributed by atoms with van der Waals surface area (Å²) >= 11 is 2.53. The summed E-state index contributed by atoms with van der Waals surface area (Å²) in [7, 11) is 0. The lowest BCUT2D eigenvalue weighted by atomic mass is 9.77. The van der Waals surface area contributed by atoms with Gasteiger partial charge in [0.2, 0.25) is 5.60 Å². The summed E-state index contributed by atoms with van der Waals surface area (Å²) in [6.45, 7) is 8.10. The van der Waals surface area contributed by atoms with E-state index in [1.165, 1.54) is 54.0 Å². The summed E-state index contributed by atoms with van der Waals surface area (Å²) in [6, 6.07) is 53.0. The number of benzene rings is 6. The minimum Gasteiger partial charge on any atom is -0.457 e. The lowest BCUT2D eigenvalue weighted by Crippen LogP contribution is -2.71. The molecule has 0 aliphatic carbocycles. The van der Waals surface area contributed by atoms with Crippen LogP contribution in [0.3, 0.4) is 0 Å². The number of nitro benzene ring substituents is 1. The van der Waals surface area contributed by atoms with Crippen LogP contribution in [0.25, 0.3) is 6.08 Å². The molecule has 3 heterocycles. The zero-order valence-corrected chi connectivity index (χ0v) is 44.3. The van der Waals surface area contributed by atoms with Crippen molar-refractivity contribution in [3.63, 3.8) is 0 Å².